The third kappa shape index (κ3) is 5.88. The van der Waals surface area contributed by atoms with Crippen LogP contribution in [0, 0.1) is 12.8 Å². The number of nitrogens with one attached hydrogen (secondary N) is 2. The maximum atomic E-state index is 13.4. The summed E-state index contributed by atoms with van der Waals surface area (Å²) in [5.41, 5.74) is 1.04. The van der Waals surface area contributed by atoms with Gasteiger partial charge in [0.1, 0.15) is 5.76 Å². The number of carbonyl (C=O) groups is 2. The van der Waals surface area contributed by atoms with E-state index in [9.17, 15) is 18.0 Å². The fraction of sp³-hybridized carbons (Fsp3) is 0.520. The third-order valence-corrected chi connectivity index (χ3v) is 8.20. The first-order valence-electron chi connectivity index (χ1n) is 12.1. The van der Waals surface area contributed by atoms with Crippen molar-refractivity contribution in [3.05, 3.63) is 53.5 Å². The Bertz CT molecular complexity index is 1110. The van der Waals surface area contributed by atoms with Crippen molar-refractivity contribution >= 4 is 21.8 Å². The van der Waals surface area contributed by atoms with Crippen LogP contribution in [-0.2, 0) is 21.4 Å². The molecule has 184 valence electrons. The topological polar surface area (TPSA) is 109 Å². The van der Waals surface area contributed by atoms with Gasteiger partial charge in [0, 0.05) is 24.7 Å². The van der Waals surface area contributed by atoms with E-state index < -0.39 is 10.0 Å². The van der Waals surface area contributed by atoms with Gasteiger partial charge in [-0.2, -0.15) is 0 Å². The van der Waals surface area contributed by atoms with E-state index in [0.29, 0.717) is 30.0 Å². The average Bonchev–Trinajstić information content (AvgIpc) is 3.37. The van der Waals surface area contributed by atoms with Crippen LogP contribution in [0.4, 0.5) is 0 Å². The van der Waals surface area contributed by atoms with Gasteiger partial charge in [-0.05, 0) is 62.4 Å². The Morgan fingerprint density at radius 2 is 1.88 bits per heavy atom. The van der Waals surface area contributed by atoms with Crippen molar-refractivity contribution in [3.8, 4) is 0 Å². The van der Waals surface area contributed by atoms with E-state index in [1.54, 1.807) is 30.0 Å². The largest absolute Gasteiger partial charge is 0.468 e. The molecule has 1 aromatic carbocycles. The van der Waals surface area contributed by atoms with Crippen molar-refractivity contribution in [3.63, 3.8) is 0 Å². The van der Waals surface area contributed by atoms with E-state index in [2.05, 4.69) is 10.0 Å². The SMILES string of the molecule is Cc1ccc(S(=O)(=O)NCc2ccco2)cc1C(=O)N1CCCC(C(=O)NC2CCCCC2)C1. The molecule has 0 bridgehead atoms. The molecule has 2 heterocycles. The van der Waals surface area contributed by atoms with Gasteiger partial charge in [0.05, 0.1) is 23.6 Å². The second-order valence-electron chi connectivity index (χ2n) is 9.31. The second-order valence-corrected chi connectivity index (χ2v) is 11.1. The fourth-order valence-electron chi connectivity index (χ4n) is 4.77. The molecule has 1 saturated heterocycles. The van der Waals surface area contributed by atoms with E-state index in [1.165, 1.54) is 24.8 Å². The number of nitrogens with zero attached hydrogens (tertiary/aromatic N) is 1. The molecule has 2 aliphatic rings. The molecule has 1 aliphatic heterocycles. The minimum absolute atomic E-state index is 0.0242. The lowest BCUT2D eigenvalue weighted by atomic mass is 9.92. The standard InChI is InChI=1S/C25H33N3O5S/c1-18-11-12-22(34(31,32)26-16-21-10-6-14-33-21)15-23(18)25(30)28-13-5-7-19(17-28)24(29)27-20-8-3-2-4-9-20/h6,10-12,14-15,19-20,26H,2-5,7-9,13,16-17H2,1H3,(H,27,29). The molecule has 1 saturated carbocycles. The van der Waals surface area contributed by atoms with E-state index in [-0.39, 0.29) is 35.2 Å². The molecule has 0 spiro atoms. The lowest BCUT2D eigenvalue weighted by Crippen LogP contribution is -2.48. The number of rotatable bonds is 7. The number of aryl methyl sites for hydroxylation is 1. The van der Waals surface area contributed by atoms with E-state index >= 15 is 0 Å². The maximum Gasteiger partial charge on any atom is 0.254 e. The number of hydrogen-bond donors (Lipinski definition) is 2. The van der Waals surface area contributed by atoms with E-state index in [1.807, 2.05) is 0 Å². The highest BCUT2D eigenvalue weighted by molar-refractivity contribution is 7.89. The van der Waals surface area contributed by atoms with Gasteiger partial charge in [0.15, 0.2) is 0 Å². The summed E-state index contributed by atoms with van der Waals surface area (Å²) in [6, 6.07) is 8.18. The molecule has 34 heavy (non-hydrogen) atoms. The second kappa shape index (κ2) is 10.7. The van der Waals surface area contributed by atoms with E-state index in [4.69, 9.17) is 4.42 Å². The Balaban J connectivity index is 1.43. The molecule has 9 heteroatoms. The number of benzene rings is 1. The minimum Gasteiger partial charge on any atom is -0.468 e. The molecular weight excluding hydrogens is 454 g/mol. The zero-order valence-corrected chi connectivity index (χ0v) is 20.4. The fourth-order valence-corrected chi connectivity index (χ4v) is 5.79. The molecule has 4 rings (SSSR count). The number of sulfonamides is 1. The number of likely N-dealkylation sites (tertiary alicyclic amines) is 1. The van der Waals surface area contributed by atoms with Crippen molar-refractivity contribution in [2.45, 2.75) is 69.4 Å². The molecule has 1 atom stereocenters. The molecule has 2 N–H and O–H groups in total. The summed E-state index contributed by atoms with van der Waals surface area (Å²) < 4.78 is 33.3. The monoisotopic (exact) mass is 487 g/mol. The Morgan fingerprint density at radius 3 is 2.62 bits per heavy atom. The van der Waals surface area contributed by atoms with E-state index in [0.717, 1.165) is 38.5 Å². The molecule has 1 aliphatic carbocycles. The van der Waals surface area contributed by atoms with Crippen molar-refractivity contribution in [1.29, 1.82) is 0 Å². The van der Waals surface area contributed by atoms with Gasteiger partial charge in [-0.1, -0.05) is 25.3 Å². The summed E-state index contributed by atoms with van der Waals surface area (Å²) in [6.07, 6.45) is 8.55. The summed E-state index contributed by atoms with van der Waals surface area (Å²) in [7, 11) is -3.83. The third-order valence-electron chi connectivity index (χ3n) is 6.80. The summed E-state index contributed by atoms with van der Waals surface area (Å²) >= 11 is 0. The van der Waals surface area contributed by atoms with Gasteiger partial charge in [0.25, 0.3) is 5.91 Å². The molecule has 2 fully saturated rings. The van der Waals surface area contributed by atoms with Crippen LogP contribution in [0.5, 0.6) is 0 Å². The highest BCUT2D eigenvalue weighted by Crippen LogP contribution is 2.24. The predicted octanol–water partition coefficient (Wildman–Crippen LogP) is 3.37. The first-order chi connectivity index (χ1) is 16.3. The molecule has 1 unspecified atom stereocenters. The van der Waals surface area contributed by atoms with Crippen molar-refractivity contribution < 1.29 is 22.4 Å². The summed E-state index contributed by atoms with van der Waals surface area (Å²) in [4.78, 5) is 27.9. The van der Waals surface area contributed by atoms with Crippen LogP contribution in [0.15, 0.2) is 45.9 Å². The van der Waals surface area contributed by atoms with Crippen LogP contribution in [0.25, 0.3) is 0 Å². The van der Waals surface area contributed by atoms with Crippen LogP contribution in [-0.4, -0.2) is 44.3 Å². The quantitative estimate of drug-likeness (QED) is 0.623. The molecule has 8 nitrogen and oxygen atoms in total. The Labute approximate surface area is 201 Å². The lowest BCUT2D eigenvalue weighted by molar-refractivity contribution is -0.127. The summed E-state index contributed by atoms with van der Waals surface area (Å²) in [5, 5.41) is 3.18. The normalized spacial score (nSPS) is 19.7. The van der Waals surface area contributed by atoms with Crippen molar-refractivity contribution in [2.24, 2.45) is 5.92 Å². The number of piperidine rings is 1. The predicted molar refractivity (Wildman–Crippen MR) is 128 cm³/mol. The first-order valence-corrected chi connectivity index (χ1v) is 13.5. The first kappa shape index (κ1) is 24.5. The Hall–Kier alpha value is -2.65. The lowest BCUT2D eigenvalue weighted by Gasteiger charge is -2.34. The molecule has 0 radical (unpaired) electrons. The number of amides is 2. The average molecular weight is 488 g/mol. The Morgan fingerprint density at radius 1 is 1.09 bits per heavy atom. The highest BCUT2D eigenvalue weighted by atomic mass is 32.2. The smallest absolute Gasteiger partial charge is 0.254 e. The van der Waals surface area contributed by atoms with Crippen LogP contribution in [0.3, 0.4) is 0 Å². The number of hydrogen-bond acceptors (Lipinski definition) is 5. The molecule has 2 amide bonds. The Kier molecular flexibility index (Phi) is 7.73. The number of carbonyl (C=O) groups excluding carboxylic acids is 2. The van der Waals surface area contributed by atoms with Crippen LogP contribution in [0.1, 0.15) is 66.6 Å². The van der Waals surface area contributed by atoms with Gasteiger partial charge in [0.2, 0.25) is 15.9 Å². The van der Waals surface area contributed by atoms with Gasteiger partial charge >= 0.3 is 0 Å². The summed E-state index contributed by atoms with van der Waals surface area (Å²) in [6.45, 7) is 2.72. The van der Waals surface area contributed by atoms with Gasteiger partial charge in [-0.3, -0.25) is 9.59 Å². The van der Waals surface area contributed by atoms with Crippen LogP contribution >= 0.6 is 0 Å². The van der Waals surface area contributed by atoms with Gasteiger partial charge in [-0.15, -0.1) is 0 Å². The number of furan rings is 1. The van der Waals surface area contributed by atoms with Gasteiger partial charge in [-0.25, -0.2) is 13.1 Å². The molecule has 2 aromatic rings. The highest BCUT2D eigenvalue weighted by Gasteiger charge is 2.31. The van der Waals surface area contributed by atoms with Crippen molar-refractivity contribution in [2.75, 3.05) is 13.1 Å². The molecular formula is C25H33N3O5S. The zero-order valence-electron chi connectivity index (χ0n) is 19.6. The van der Waals surface area contributed by atoms with Crippen LogP contribution in [0.2, 0.25) is 0 Å². The van der Waals surface area contributed by atoms with Gasteiger partial charge < -0.3 is 14.6 Å². The van der Waals surface area contributed by atoms with Crippen molar-refractivity contribution in [1.82, 2.24) is 14.9 Å². The maximum absolute atomic E-state index is 13.4. The van der Waals surface area contributed by atoms with Crippen LogP contribution < -0.4 is 10.0 Å². The zero-order chi connectivity index (χ0) is 24.1. The summed E-state index contributed by atoms with van der Waals surface area (Å²) in [5.74, 6) is 0.0509. The molecule has 1 aromatic heterocycles. The minimum atomic E-state index is -3.83.